The van der Waals surface area contributed by atoms with Crippen LogP contribution in [0.2, 0.25) is 0 Å². The molecule has 5 rings (SSSR count). The van der Waals surface area contributed by atoms with E-state index in [4.69, 9.17) is 0 Å². The quantitative estimate of drug-likeness (QED) is 0.624. The number of sulfonamides is 1. The maximum Gasteiger partial charge on any atom is 0.285 e. The number of fused-ring (bicyclic) bond motifs is 1. The molecular formula is C25H24N4O4S. The van der Waals surface area contributed by atoms with Crippen LogP contribution >= 0.6 is 0 Å². The molecule has 2 aromatic carbocycles. The average Bonchev–Trinajstić information content (AvgIpc) is 3.13. The lowest BCUT2D eigenvalue weighted by molar-refractivity contribution is -0.121. The van der Waals surface area contributed by atoms with Gasteiger partial charge in [0, 0.05) is 36.6 Å². The van der Waals surface area contributed by atoms with Crippen LogP contribution < -0.4 is 10.9 Å². The molecule has 1 aromatic heterocycles. The Labute approximate surface area is 197 Å². The molecule has 0 aliphatic carbocycles. The summed E-state index contributed by atoms with van der Waals surface area (Å²) in [4.78, 5) is 27.0. The fourth-order valence-corrected chi connectivity index (χ4v) is 5.65. The summed E-state index contributed by atoms with van der Waals surface area (Å²) in [5.74, 6) is 0.0366. The van der Waals surface area contributed by atoms with Crippen molar-refractivity contribution in [2.75, 3.05) is 18.4 Å². The molecule has 1 amide bonds. The van der Waals surface area contributed by atoms with Gasteiger partial charge in [-0.15, -0.1) is 4.40 Å². The van der Waals surface area contributed by atoms with E-state index in [1.54, 1.807) is 41.1 Å². The first-order valence-corrected chi connectivity index (χ1v) is 12.6. The van der Waals surface area contributed by atoms with Crippen molar-refractivity contribution < 1.29 is 13.2 Å². The molecule has 1 N–H and O–H groups in total. The van der Waals surface area contributed by atoms with Crippen LogP contribution in [0.25, 0.3) is 0 Å². The minimum atomic E-state index is -3.70. The van der Waals surface area contributed by atoms with Crippen LogP contribution in [0.1, 0.15) is 24.0 Å². The third-order valence-electron chi connectivity index (χ3n) is 6.18. The van der Waals surface area contributed by atoms with Crippen LogP contribution in [0.4, 0.5) is 5.69 Å². The molecule has 2 aliphatic rings. The van der Waals surface area contributed by atoms with Crippen LogP contribution in [0.5, 0.6) is 0 Å². The minimum Gasteiger partial charge on any atom is -0.355 e. The van der Waals surface area contributed by atoms with Gasteiger partial charge in [-0.25, -0.2) is 0 Å². The summed E-state index contributed by atoms with van der Waals surface area (Å²) in [5, 5.41) is 2.97. The average molecular weight is 477 g/mol. The van der Waals surface area contributed by atoms with Gasteiger partial charge in [-0.05, 0) is 48.7 Å². The van der Waals surface area contributed by atoms with Crippen molar-refractivity contribution in [3.63, 3.8) is 0 Å². The van der Waals surface area contributed by atoms with Crippen molar-refractivity contribution in [1.29, 1.82) is 0 Å². The van der Waals surface area contributed by atoms with E-state index in [-0.39, 0.29) is 22.3 Å². The summed E-state index contributed by atoms with van der Waals surface area (Å²) in [6.45, 7) is 1.52. The van der Waals surface area contributed by atoms with E-state index >= 15 is 0 Å². The molecule has 1 atom stereocenters. The normalized spacial score (nSPS) is 18.8. The number of carbonyl (C=O) groups excluding carboxylic acids is 1. The number of piperidine rings is 1. The molecule has 0 radical (unpaired) electrons. The van der Waals surface area contributed by atoms with Gasteiger partial charge in [-0.2, -0.15) is 8.42 Å². The number of hydrogen-bond acceptors (Lipinski definition) is 5. The fraction of sp³-hybridized carbons (Fsp3) is 0.240. The Morgan fingerprint density at radius 1 is 1.03 bits per heavy atom. The van der Waals surface area contributed by atoms with Crippen LogP contribution in [-0.2, 0) is 21.4 Å². The van der Waals surface area contributed by atoms with E-state index in [9.17, 15) is 18.0 Å². The first-order valence-electron chi connectivity index (χ1n) is 11.2. The summed E-state index contributed by atoms with van der Waals surface area (Å²) in [7, 11) is -3.70. The highest BCUT2D eigenvalue weighted by molar-refractivity contribution is 7.90. The third-order valence-corrected chi connectivity index (χ3v) is 7.50. The smallest absolute Gasteiger partial charge is 0.285 e. The number of anilines is 1. The number of carbonyl (C=O) groups is 1. The predicted octanol–water partition coefficient (Wildman–Crippen LogP) is 2.70. The Balaban J connectivity index is 1.25. The zero-order valence-electron chi connectivity index (χ0n) is 18.4. The SMILES string of the molecule is O=C(Nc1ccc(Cn2ccccc2=O)cc1)C1CCCN(C2=NS(=O)(=O)c3ccccc32)C1. The maximum absolute atomic E-state index is 13.0. The molecule has 1 saturated heterocycles. The number of amidine groups is 1. The summed E-state index contributed by atoms with van der Waals surface area (Å²) < 4.78 is 30.4. The van der Waals surface area contributed by atoms with Crippen LogP contribution in [0.3, 0.4) is 0 Å². The lowest BCUT2D eigenvalue weighted by Crippen LogP contribution is -2.43. The molecule has 0 bridgehead atoms. The zero-order chi connectivity index (χ0) is 23.7. The number of aromatic nitrogens is 1. The predicted molar refractivity (Wildman–Crippen MR) is 129 cm³/mol. The Hall–Kier alpha value is -3.72. The van der Waals surface area contributed by atoms with Gasteiger partial charge in [0.15, 0.2) is 5.84 Å². The molecule has 2 aliphatic heterocycles. The lowest BCUT2D eigenvalue weighted by atomic mass is 9.96. The van der Waals surface area contributed by atoms with Gasteiger partial charge >= 0.3 is 0 Å². The molecule has 0 spiro atoms. The lowest BCUT2D eigenvalue weighted by Gasteiger charge is -2.33. The molecule has 0 saturated carbocycles. The topological polar surface area (TPSA) is 101 Å². The van der Waals surface area contributed by atoms with Crippen LogP contribution in [0, 0.1) is 5.92 Å². The molecular weight excluding hydrogens is 452 g/mol. The van der Waals surface area contributed by atoms with Crippen molar-refractivity contribution in [2.24, 2.45) is 10.3 Å². The zero-order valence-corrected chi connectivity index (χ0v) is 19.2. The number of likely N-dealkylation sites (tertiary alicyclic amines) is 1. The molecule has 1 unspecified atom stereocenters. The number of benzene rings is 2. The highest BCUT2D eigenvalue weighted by Gasteiger charge is 2.35. The number of rotatable bonds is 4. The number of amides is 1. The van der Waals surface area contributed by atoms with Crippen molar-refractivity contribution in [2.45, 2.75) is 24.3 Å². The van der Waals surface area contributed by atoms with Crippen LogP contribution in [0.15, 0.2) is 87.0 Å². The summed E-state index contributed by atoms with van der Waals surface area (Å²) in [6.07, 6.45) is 3.23. The van der Waals surface area contributed by atoms with Crippen molar-refractivity contribution >= 4 is 27.5 Å². The summed E-state index contributed by atoms with van der Waals surface area (Å²) >= 11 is 0. The van der Waals surface area contributed by atoms with Gasteiger partial charge in [-0.1, -0.05) is 30.3 Å². The molecule has 174 valence electrons. The number of nitrogens with zero attached hydrogens (tertiary/aromatic N) is 3. The molecule has 8 nitrogen and oxygen atoms in total. The van der Waals surface area contributed by atoms with Gasteiger partial charge < -0.3 is 14.8 Å². The van der Waals surface area contributed by atoms with Crippen molar-refractivity contribution in [3.05, 3.63) is 94.4 Å². The fourth-order valence-electron chi connectivity index (χ4n) is 4.43. The molecule has 3 heterocycles. The Morgan fingerprint density at radius 3 is 2.59 bits per heavy atom. The number of nitrogens with one attached hydrogen (secondary N) is 1. The first-order chi connectivity index (χ1) is 16.4. The highest BCUT2D eigenvalue weighted by atomic mass is 32.2. The van der Waals surface area contributed by atoms with E-state index in [0.717, 1.165) is 18.4 Å². The molecule has 1 fully saturated rings. The largest absolute Gasteiger partial charge is 0.355 e. The molecule has 34 heavy (non-hydrogen) atoms. The standard InChI is InChI=1S/C25H24N4O4S/c30-23-9-3-4-14-28(23)16-18-10-12-20(13-11-18)26-25(31)19-6-5-15-29(17-19)24-21-7-1-2-8-22(21)34(32,33)27-24/h1-4,7-14,19H,5-6,15-17H2,(H,26,31). The number of hydrogen-bond donors (Lipinski definition) is 1. The van der Waals surface area contributed by atoms with Gasteiger partial charge in [0.1, 0.15) is 4.90 Å². The van der Waals surface area contributed by atoms with E-state index < -0.39 is 10.0 Å². The van der Waals surface area contributed by atoms with Gasteiger partial charge in [0.05, 0.1) is 12.5 Å². The summed E-state index contributed by atoms with van der Waals surface area (Å²) in [6, 6.07) is 19.3. The van der Waals surface area contributed by atoms with Crippen LogP contribution in [-0.4, -0.2) is 42.7 Å². The summed E-state index contributed by atoms with van der Waals surface area (Å²) in [5.41, 5.74) is 2.16. The van der Waals surface area contributed by atoms with Crippen molar-refractivity contribution in [3.8, 4) is 0 Å². The Morgan fingerprint density at radius 2 is 1.79 bits per heavy atom. The van der Waals surface area contributed by atoms with E-state index in [1.807, 2.05) is 35.2 Å². The third kappa shape index (κ3) is 4.38. The van der Waals surface area contributed by atoms with E-state index in [2.05, 4.69) is 9.71 Å². The first kappa shape index (κ1) is 22.1. The second-order valence-electron chi connectivity index (χ2n) is 8.52. The molecule has 3 aromatic rings. The minimum absolute atomic E-state index is 0.0657. The van der Waals surface area contributed by atoms with Gasteiger partial charge in [-0.3, -0.25) is 9.59 Å². The van der Waals surface area contributed by atoms with Crippen molar-refractivity contribution in [1.82, 2.24) is 9.47 Å². The van der Waals surface area contributed by atoms with Gasteiger partial charge in [0.2, 0.25) is 5.91 Å². The van der Waals surface area contributed by atoms with E-state index in [0.29, 0.717) is 36.7 Å². The second kappa shape index (κ2) is 8.90. The van der Waals surface area contributed by atoms with E-state index in [1.165, 1.54) is 6.07 Å². The molecule has 9 heteroatoms. The second-order valence-corrected chi connectivity index (χ2v) is 10.1. The van der Waals surface area contributed by atoms with Gasteiger partial charge in [0.25, 0.3) is 15.6 Å². The number of pyridine rings is 1. The Kier molecular flexibility index (Phi) is 5.79. The highest BCUT2D eigenvalue weighted by Crippen LogP contribution is 2.30. The maximum atomic E-state index is 13.0. The Bertz CT molecular complexity index is 1430. The monoisotopic (exact) mass is 476 g/mol.